The van der Waals surface area contributed by atoms with Crippen LogP contribution in [0, 0.1) is 5.82 Å². The fourth-order valence-electron chi connectivity index (χ4n) is 3.53. The van der Waals surface area contributed by atoms with Crippen molar-refractivity contribution in [2.24, 2.45) is 5.14 Å². The molecule has 29 heavy (non-hydrogen) atoms. The number of primary sulfonamides is 1. The number of hydrogen-bond donors (Lipinski definition) is 2. The van der Waals surface area contributed by atoms with Gasteiger partial charge in [0.05, 0.1) is 17.1 Å². The highest BCUT2D eigenvalue weighted by Gasteiger charge is 2.50. The summed E-state index contributed by atoms with van der Waals surface area (Å²) in [5, 5.41) is 16.6. The molecule has 1 aliphatic heterocycles. The Balaban J connectivity index is 1.78. The third kappa shape index (κ3) is 3.21. The van der Waals surface area contributed by atoms with Crippen LogP contribution in [0.4, 0.5) is 10.1 Å². The number of aliphatic hydroxyl groups is 1. The summed E-state index contributed by atoms with van der Waals surface area (Å²) in [4.78, 5) is 14.6. The van der Waals surface area contributed by atoms with Crippen molar-refractivity contribution in [3.63, 3.8) is 0 Å². The van der Waals surface area contributed by atoms with Gasteiger partial charge in [-0.3, -0.25) is 4.79 Å². The molecule has 0 aromatic heterocycles. The molecule has 0 saturated heterocycles. The Labute approximate surface area is 167 Å². The standard InChI is InChI=1S/C21H17FN2O4S/c22-16-9-5-14(6-10-16)13-24-19-4-2-1-3-18(19)21(26,20(24)25)15-7-11-17(12-8-15)29(23,27)28/h1-12,26H,13H2,(H2,23,27,28). The van der Waals surface area contributed by atoms with Crippen molar-refractivity contribution in [1.82, 2.24) is 0 Å². The normalized spacial score (nSPS) is 18.7. The second kappa shape index (κ2) is 6.77. The van der Waals surface area contributed by atoms with E-state index in [9.17, 15) is 22.7 Å². The number of nitrogens with two attached hydrogens (primary N) is 1. The minimum Gasteiger partial charge on any atom is -0.372 e. The zero-order valence-electron chi connectivity index (χ0n) is 15.1. The number of nitrogens with zero attached hydrogens (tertiary/aromatic N) is 1. The van der Waals surface area contributed by atoms with Crippen molar-refractivity contribution in [1.29, 1.82) is 0 Å². The number of para-hydroxylation sites is 1. The van der Waals surface area contributed by atoms with E-state index in [1.165, 1.54) is 41.3 Å². The fraction of sp³-hybridized carbons (Fsp3) is 0.0952. The van der Waals surface area contributed by atoms with Gasteiger partial charge in [-0.1, -0.05) is 42.5 Å². The molecule has 1 aliphatic rings. The highest BCUT2D eigenvalue weighted by atomic mass is 32.2. The lowest BCUT2D eigenvalue weighted by Gasteiger charge is -2.24. The van der Waals surface area contributed by atoms with Crippen molar-refractivity contribution in [3.8, 4) is 0 Å². The van der Waals surface area contributed by atoms with Gasteiger partial charge in [-0.2, -0.15) is 0 Å². The maximum Gasteiger partial charge on any atom is 0.268 e. The Hall–Kier alpha value is -3.07. The molecule has 6 nitrogen and oxygen atoms in total. The highest BCUT2D eigenvalue weighted by Crippen LogP contribution is 2.45. The summed E-state index contributed by atoms with van der Waals surface area (Å²) < 4.78 is 36.2. The Morgan fingerprint density at radius 1 is 0.966 bits per heavy atom. The zero-order chi connectivity index (χ0) is 20.8. The van der Waals surface area contributed by atoms with Crippen molar-refractivity contribution in [2.75, 3.05) is 4.90 Å². The van der Waals surface area contributed by atoms with Gasteiger partial charge < -0.3 is 10.0 Å². The van der Waals surface area contributed by atoms with Gasteiger partial charge in [-0.15, -0.1) is 0 Å². The maximum absolute atomic E-state index is 13.3. The monoisotopic (exact) mass is 412 g/mol. The molecule has 3 N–H and O–H groups in total. The second-order valence-corrected chi connectivity index (χ2v) is 8.38. The number of amides is 1. The molecule has 1 amide bonds. The predicted octanol–water partition coefficient (Wildman–Crippen LogP) is 2.26. The number of anilines is 1. The van der Waals surface area contributed by atoms with Crippen LogP contribution in [-0.2, 0) is 27.0 Å². The van der Waals surface area contributed by atoms with Crippen molar-refractivity contribution in [2.45, 2.75) is 17.0 Å². The number of halogens is 1. The number of hydrogen-bond acceptors (Lipinski definition) is 4. The van der Waals surface area contributed by atoms with Crippen LogP contribution in [0.5, 0.6) is 0 Å². The van der Waals surface area contributed by atoms with E-state index < -0.39 is 21.5 Å². The van der Waals surface area contributed by atoms with Crippen molar-refractivity contribution >= 4 is 21.6 Å². The van der Waals surface area contributed by atoms with Crippen LogP contribution in [0.1, 0.15) is 16.7 Å². The van der Waals surface area contributed by atoms with E-state index in [0.717, 1.165) is 0 Å². The van der Waals surface area contributed by atoms with E-state index >= 15 is 0 Å². The smallest absolute Gasteiger partial charge is 0.268 e. The Morgan fingerprint density at radius 3 is 2.21 bits per heavy atom. The van der Waals surface area contributed by atoms with Crippen LogP contribution < -0.4 is 10.0 Å². The lowest BCUT2D eigenvalue weighted by Crippen LogP contribution is -2.40. The highest BCUT2D eigenvalue weighted by molar-refractivity contribution is 7.89. The van der Waals surface area contributed by atoms with Crippen LogP contribution in [-0.4, -0.2) is 19.4 Å². The predicted molar refractivity (Wildman–Crippen MR) is 105 cm³/mol. The third-order valence-corrected chi connectivity index (χ3v) is 5.92. The molecular formula is C21H17FN2O4S. The zero-order valence-corrected chi connectivity index (χ0v) is 15.9. The molecule has 3 aromatic rings. The van der Waals surface area contributed by atoms with Crippen LogP contribution in [0.2, 0.25) is 0 Å². The number of rotatable bonds is 4. The van der Waals surface area contributed by atoms with Gasteiger partial charge in [-0.05, 0) is 41.5 Å². The fourth-order valence-corrected chi connectivity index (χ4v) is 4.04. The molecule has 0 fully saturated rings. The summed E-state index contributed by atoms with van der Waals surface area (Å²) in [6, 6.07) is 17.8. The SMILES string of the molecule is NS(=O)(=O)c1ccc(C2(O)C(=O)N(Cc3ccc(F)cc3)c3ccccc32)cc1. The van der Waals surface area contributed by atoms with Gasteiger partial charge >= 0.3 is 0 Å². The number of carbonyl (C=O) groups is 1. The topological polar surface area (TPSA) is 101 Å². The summed E-state index contributed by atoms with van der Waals surface area (Å²) >= 11 is 0. The molecule has 8 heteroatoms. The van der Waals surface area contributed by atoms with E-state index in [4.69, 9.17) is 5.14 Å². The summed E-state index contributed by atoms with van der Waals surface area (Å²) in [7, 11) is -3.90. The van der Waals surface area contributed by atoms with Gasteiger partial charge in [0, 0.05) is 5.56 Å². The van der Waals surface area contributed by atoms with Crippen LogP contribution in [0.25, 0.3) is 0 Å². The Bertz CT molecular complexity index is 1190. The van der Waals surface area contributed by atoms with Crippen molar-refractivity contribution < 1.29 is 22.7 Å². The van der Waals surface area contributed by atoms with E-state index in [1.807, 2.05) is 0 Å². The summed E-state index contributed by atoms with van der Waals surface area (Å²) in [5.74, 6) is -0.959. The van der Waals surface area contributed by atoms with E-state index in [0.29, 0.717) is 16.8 Å². The summed E-state index contributed by atoms with van der Waals surface area (Å²) in [6.07, 6.45) is 0. The maximum atomic E-state index is 13.3. The molecular weight excluding hydrogens is 395 g/mol. The molecule has 0 aliphatic carbocycles. The summed E-state index contributed by atoms with van der Waals surface area (Å²) in [6.45, 7) is 0.147. The average Bonchev–Trinajstić information content (AvgIpc) is 2.92. The number of sulfonamides is 1. The lowest BCUT2D eigenvalue weighted by atomic mass is 9.87. The first-order chi connectivity index (χ1) is 13.7. The molecule has 3 aromatic carbocycles. The Kier molecular flexibility index (Phi) is 4.49. The van der Waals surface area contributed by atoms with Gasteiger partial charge in [0.15, 0.2) is 5.60 Å². The molecule has 1 atom stereocenters. The molecule has 1 unspecified atom stereocenters. The van der Waals surface area contributed by atoms with Crippen molar-refractivity contribution in [3.05, 3.63) is 95.3 Å². The first-order valence-electron chi connectivity index (χ1n) is 8.73. The van der Waals surface area contributed by atoms with Gasteiger partial charge in [-0.25, -0.2) is 17.9 Å². The average molecular weight is 412 g/mol. The molecule has 0 saturated carbocycles. The van der Waals surface area contributed by atoms with E-state index in [1.54, 1.807) is 36.4 Å². The molecule has 0 spiro atoms. The number of benzene rings is 3. The van der Waals surface area contributed by atoms with E-state index in [2.05, 4.69) is 0 Å². The third-order valence-electron chi connectivity index (χ3n) is 4.99. The first kappa shape index (κ1) is 19.3. The first-order valence-corrected chi connectivity index (χ1v) is 10.3. The molecule has 0 radical (unpaired) electrons. The molecule has 4 rings (SSSR count). The minimum absolute atomic E-state index is 0.119. The number of fused-ring (bicyclic) bond motifs is 1. The Morgan fingerprint density at radius 2 is 1.59 bits per heavy atom. The van der Waals surface area contributed by atoms with Crippen LogP contribution in [0.15, 0.2) is 77.7 Å². The molecule has 0 bridgehead atoms. The molecule has 148 valence electrons. The summed E-state index contributed by atoms with van der Waals surface area (Å²) in [5.41, 5.74) is -0.143. The number of carbonyl (C=O) groups excluding carboxylic acids is 1. The van der Waals surface area contributed by atoms with Crippen LogP contribution in [0.3, 0.4) is 0 Å². The van der Waals surface area contributed by atoms with Gasteiger partial charge in [0.25, 0.3) is 5.91 Å². The largest absolute Gasteiger partial charge is 0.372 e. The van der Waals surface area contributed by atoms with Gasteiger partial charge in [0.1, 0.15) is 5.82 Å². The van der Waals surface area contributed by atoms with Crippen LogP contribution >= 0.6 is 0 Å². The van der Waals surface area contributed by atoms with Gasteiger partial charge in [0.2, 0.25) is 10.0 Å². The second-order valence-electron chi connectivity index (χ2n) is 6.81. The lowest BCUT2D eigenvalue weighted by molar-refractivity contribution is -0.132. The quantitative estimate of drug-likeness (QED) is 0.686. The van der Waals surface area contributed by atoms with E-state index in [-0.39, 0.29) is 22.8 Å². The minimum atomic E-state index is -3.90. The molecule has 1 heterocycles.